The van der Waals surface area contributed by atoms with Gasteiger partial charge in [0.25, 0.3) is 0 Å². The number of allylic oxidation sites excluding steroid dienone is 2. The van der Waals surface area contributed by atoms with Crippen LogP contribution in [0, 0.1) is 11.8 Å². The molecule has 1 rings (SSSR count). The normalized spacial score (nSPS) is 29.2. The fourth-order valence-electron chi connectivity index (χ4n) is 1.88. The molecule has 1 nitrogen and oxygen atoms in total. The molecular weight excluding hydrogens is 148 g/mol. The first kappa shape index (κ1) is 9.50. The van der Waals surface area contributed by atoms with Crippen molar-refractivity contribution in [1.29, 1.82) is 0 Å². The molecule has 0 amide bonds. The van der Waals surface area contributed by atoms with Gasteiger partial charge in [-0.2, -0.15) is 0 Å². The topological polar surface area (TPSA) is 17.1 Å². The molecule has 68 valence electrons. The van der Waals surface area contributed by atoms with E-state index in [9.17, 15) is 4.79 Å². The van der Waals surface area contributed by atoms with E-state index in [0.29, 0.717) is 0 Å². The Kier molecular flexibility index (Phi) is 3.51. The molecule has 0 heterocycles. The minimum absolute atomic E-state index is 0.121. The highest BCUT2D eigenvalue weighted by molar-refractivity contribution is 5.56. The standard InChI is InChI=1S/C11H18O/c1-3-10-4-5-11(7-10)6-9(2)8-12/h6,8-10H,3-5,7H2,1-2H3/b11-6+. The Balaban J connectivity index is 2.45. The van der Waals surface area contributed by atoms with Gasteiger partial charge in [0, 0.05) is 5.92 Å². The van der Waals surface area contributed by atoms with E-state index in [4.69, 9.17) is 0 Å². The van der Waals surface area contributed by atoms with Crippen LogP contribution in [-0.2, 0) is 4.79 Å². The number of hydrogen-bond acceptors (Lipinski definition) is 1. The lowest BCUT2D eigenvalue weighted by atomic mass is 10.0. The Morgan fingerprint density at radius 1 is 1.67 bits per heavy atom. The first-order chi connectivity index (χ1) is 5.76. The molecule has 2 atom stereocenters. The minimum atomic E-state index is 0.121. The molecule has 0 N–H and O–H groups in total. The van der Waals surface area contributed by atoms with Crippen LogP contribution in [0.2, 0.25) is 0 Å². The molecule has 0 saturated heterocycles. The van der Waals surface area contributed by atoms with Crippen LogP contribution < -0.4 is 0 Å². The van der Waals surface area contributed by atoms with Gasteiger partial charge < -0.3 is 4.79 Å². The van der Waals surface area contributed by atoms with E-state index in [0.717, 1.165) is 12.2 Å². The fraction of sp³-hybridized carbons (Fsp3) is 0.727. The third-order valence-corrected chi connectivity index (χ3v) is 2.72. The third-order valence-electron chi connectivity index (χ3n) is 2.72. The van der Waals surface area contributed by atoms with Gasteiger partial charge in [0.15, 0.2) is 0 Å². The van der Waals surface area contributed by atoms with Crippen molar-refractivity contribution in [3.8, 4) is 0 Å². The molecule has 1 fully saturated rings. The molecular formula is C11H18O. The summed E-state index contributed by atoms with van der Waals surface area (Å²) in [6, 6.07) is 0. The van der Waals surface area contributed by atoms with E-state index in [-0.39, 0.29) is 5.92 Å². The summed E-state index contributed by atoms with van der Waals surface area (Å²) in [5.74, 6) is 1.01. The zero-order chi connectivity index (χ0) is 8.97. The summed E-state index contributed by atoms with van der Waals surface area (Å²) in [6.45, 7) is 4.20. The van der Waals surface area contributed by atoms with Crippen LogP contribution in [0.1, 0.15) is 39.5 Å². The smallest absolute Gasteiger partial charge is 0.126 e. The van der Waals surface area contributed by atoms with Crippen molar-refractivity contribution in [3.05, 3.63) is 11.6 Å². The Hall–Kier alpha value is -0.590. The summed E-state index contributed by atoms with van der Waals surface area (Å²) in [7, 11) is 0. The number of hydrogen-bond donors (Lipinski definition) is 0. The molecule has 1 aliphatic carbocycles. The molecule has 1 heteroatoms. The number of rotatable bonds is 3. The highest BCUT2D eigenvalue weighted by atomic mass is 16.1. The highest BCUT2D eigenvalue weighted by Gasteiger charge is 2.17. The molecule has 0 aromatic carbocycles. The molecule has 0 aliphatic heterocycles. The van der Waals surface area contributed by atoms with Crippen molar-refractivity contribution in [2.45, 2.75) is 39.5 Å². The maximum Gasteiger partial charge on any atom is 0.126 e. The van der Waals surface area contributed by atoms with Crippen LogP contribution in [0.15, 0.2) is 11.6 Å². The fourth-order valence-corrected chi connectivity index (χ4v) is 1.88. The largest absolute Gasteiger partial charge is 0.303 e. The van der Waals surface area contributed by atoms with E-state index < -0.39 is 0 Å². The lowest BCUT2D eigenvalue weighted by Crippen LogP contribution is -1.92. The molecule has 0 spiro atoms. The van der Waals surface area contributed by atoms with E-state index in [1.807, 2.05) is 6.92 Å². The average molecular weight is 166 g/mol. The monoisotopic (exact) mass is 166 g/mol. The quantitative estimate of drug-likeness (QED) is 0.465. The lowest BCUT2D eigenvalue weighted by Gasteiger charge is -2.02. The van der Waals surface area contributed by atoms with Gasteiger partial charge in [-0.05, 0) is 25.2 Å². The van der Waals surface area contributed by atoms with Crippen molar-refractivity contribution in [1.82, 2.24) is 0 Å². The Morgan fingerprint density at radius 3 is 2.92 bits per heavy atom. The van der Waals surface area contributed by atoms with Crippen molar-refractivity contribution >= 4 is 6.29 Å². The van der Waals surface area contributed by atoms with Crippen LogP contribution in [0.25, 0.3) is 0 Å². The molecule has 1 saturated carbocycles. The molecule has 0 aromatic heterocycles. The summed E-state index contributed by atoms with van der Waals surface area (Å²) in [5.41, 5.74) is 1.50. The van der Waals surface area contributed by atoms with Crippen LogP contribution in [0.5, 0.6) is 0 Å². The average Bonchev–Trinajstić information content (AvgIpc) is 2.52. The predicted molar refractivity (Wildman–Crippen MR) is 50.9 cm³/mol. The molecule has 2 unspecified atom stereocenters. The molecule has 0 radical (unpaired) electrons. The van der Waals surface area contributed by atoms with Gasteiger partial charge >= 0.3 is 0 Å². The van der Waals surface area contributed by atoms with Gasteiger partial charge in [-0.25, -0.2) is 0 Å². The number of carbonyl (C=O) groups excluding carboxylic acids is 1. The Labute approximate surface area is 74.9 Å². The molecule has 1 aliphatic rings. The van der Waals surface area contributed by atoms with E-state index in [1.165, 1.54) is 31.3 Å². The van der Waals surface area contributed by atoms with Crippen LogP contribution in [-0.4, -0.2) is 6.29 Å². The van der Waals surface area contributed by atoms with Crippen LogP contribution >= 0.6 is 0 Å². The summed E-state index contributed by atoms with van der Waals surface area (Å²) in [5, 5.41) is 0. The van der Waals surface area contributed by atoms with Gasteiger partial charge in [-0.1, -0.05) is 31.9 Å². The summed E-state index contributed by atoms with van der Waals surface area (Å²) >= 11 is 0. The van der Waals surface area contributed by atoms with Gasteiger partial charge in [0.1, 0.15) is 6.29 Å². The lowest BCUT2D eigenvalue weighted by molar-refractivity contribution is -0.109. The van der Waals surface area contributed by atoms with Crippen LogP contribution in [0.3, 0.4) is 0 Å². The summed E-state index contributed by atoms with van der Waals surface area (Å²) in [6.07, 6.45) is 8.22. The summed E-state index contributed by atoms with van der Waals surface area (Å²) in [4.78, 5) is 10.4. The first-order valence-corrected chi connectivity index (χ1v) is 4.91. The van der Waals surface area contributed by atoms with E-state index >= 15 is 0 Å². The zero-order valence-electron chi connectivity index (χ0n) is 8.05. The van der Waals surface area contributed by atoms with Gasteiger partial charge in [0.05, 0.1) is 0 Å². The Bertz CT molecular complexity index is 181. The SMILES string of the molecule is CCC1CC/C(=C\C(C)C=O)C1. The predicted octanol–water partition coefficient (Wildman–Crippen LogP) is 2.96. The van der Waals surface area contributed by atoms with E-state index in [1.54, 1.807) is 0 Å². The van der Waals surface area contributed by atoms with Crippen molar-refractivity contribution in [2.75, 3.05) is 0 Å². The molecule has 0 aromatic rings. The second-order valence-corrected chi connectivity index (χ2v) is 3.84. The highest BCUT2D eigenvalue weighted by Crippen LogP contribution is 2.32. The third kappa shape index (κ3) is 2.47. The van der Waals surface area contributed by atoms with Gasteiger partial charge in [0.2, 0.25) is 0 Å². The van der Waals surface area contributed by atoms with Gasteiger partial charge in [-0.15, -0.1) is 0 Å². The summed E-state index contributed by atoms with van der Waals surface area (Å²) < 4.78 is 0. The Morgan fingerprint density at radius 2 is 2.42 bits per heavy atom. The maximum absolute atomic E-state index is 10.4. The zero-order valence-corrected chi connectivity index (χ0v) is 8.05. The first-order valence-electron chi connectivity index (χ1n) is 4.91. The number of carbonyl (C=O) groups is 1. The maximum atomic E-state index is 10.4. The van der Waals surface area contributed by atoms with E-state index in [2.05, 4.69) is 13.0 Å². The second-order valence-electron chi connectivity index (χ2n) is 3.84. The minimum Gasteiger partial charge on any atom is -0.303 e. The van der Waals surface area contributed by atoms with Crippen molar-refractivity contribution in [2.24, 2.45) is 11.8 Å². The van der Waals surface area contributed by atoms with Gasteiger partial charge in [-0.3, -0.25) is 0 Å². The molecule has 0 bridgehead atoms. The van der Waals surface area contributed by atoms with Crippen LogP contribution in [0.4, 0.5) is 0 Å². The van der Waals surface area contributed by atoms with Crippen molar-refractivity contribution < 1.29 is 4.79 Å². The molecule has 12 heavy (non-hydrogen) atoms. The second kappa shape index (κ2) is 4.44. The van der Waals surface area contributed by atoms with Crippen molar-refractivity contribution in [3.63, 3.8) is 0 Å². The number of aldehydes is 1.